The number of fused-ring (bicyclic) bond motifs is 1. The number of ether oxygens (including phenoxy) is 1. The first kappa shape index (κ1) is 15.9. The van der Waals surface area contributed by atoms with Crippen molar-refractivity contribution in [3.8, 4) is 5.75 Å². The summed E-state index contributed by atoms with van der Waals surface area (Å²) in [5.74, 6) is 0.926. The monoisotopic (exact) mass is 328 g/mol. The predicted octanol–water partition coefficient (Wildman–Crippen LogP) is 4.47. The predicted molar refractivity (Wildman–Crippen MR) is 96.5 cm³/mol. The number of hydrogen-bond donors (Lipinski definition) is 2. The van der Waals surface area contributed by atoms with E-state index in [-0.39, 0.29) is 0 Å². The van der Waals surface area contributed by atoms with Crippen molar-refractivity contribution in [1.82, 2.24) is 10.3 Å². The van der Waals surface area contributed by atoms with E-state index in [1.807, 2.05) is 36.4 Å². The first-order valence-corrected chi connectivity index (χ1v) is 8.16. The van der Waals surface area contributed by atoms with Crippen LogP contribution in [0, 0.1) is 6.92 Å². The zero-order chi connectivity index (χ0) is 16.2. The van der Waals surface area contributed by atoms with Crippen molar-refractivity contribution >= 4 is 22.5 Å². The molecule has 0 unspecified atom stereocenters. The van der Waals surface area contributed by atoms with Crippen molar-refractivity contribution < 1.29 is 4.74 Å². The molecule has 1 aromatic heterocycles. The van der Waals surface area contributed by atoms with E-state index < -0.39 is 0 Å². The van der Waals surface area contributed by atoms with Gasteiger partial charge in [-0.1, -0.05) is 29.8 Å². The van der Waals surface area contributed by atoms with Crippen LogP contribution in [0.2, 0.25) is 5.02 Å². The molecule has 120 valence electrons. The van der Waals surface area contributed by atoms with Gasteiger partial charge in [0, 0.05) is 33.7 Å². The molecule has 3 nitrogen and oxygen atoms in total. The molecular formula is C19H21ClN2O. The summed E-state index contributed by atoms with van der Waals surface area (Å²) in [5, 5.41) is 5.49. The van der Waals surface area contributed by atoms with Crippen molar-refractivity contribution in [1.29, 1.82) is 0 Å². The minimum absolute atomic E-state index is 0.778. The second-order valence-electron chi connectivity index (χ2n) is 5.66. The number of aryl methyl sites for hydroxylation is 1. The highest BCUT2D eigenvalue weighted by Gasteiger charge is 2.09. The molecule has 0 saturated carbocycles. The highest BCUT2D eigenvalue weighted by molar-refractivity contribution is 6.31. The number of para-hydroxylation sites is 1. The fourth-order valence-corrected chi connectivity index (χ4v) is 3.13. The van der Waals surface area contributed by atoms with E-state index in [1.165, 1.54) is 22.2 Å². The number of aromatic nitrogens is 1. The van der Waals surface area contributed by atoms with Gasteiger partial charge in [0.2, 0.25) is 0 Å². The zero-order valence-corrected chi connectivity index (χ0v) is 14.2. The van der Waals surface area contributed by atoms with E-state index in [2.05, 4.69) is 23.3 Å². The van der Waals surface area contributed by atoms with Crippen molar-refractivity contribution in [2.75, 3.05) is 13.7 Å². The average Bonchev–Trinajstić information content (AvgIpc) is 2.87. The standard InChI is InChI=1S/C19H21ClN2O/c1-13-16(17-11-15(20)7-8-18(17)22-13)9-10-21-12-14-5-3-4-6-19(14)23-2/h3-8,11,21-22H,9-10,12H2,1-2H3. The summed E-state index contributed by atoms with van der Waals surface area (Å²) in [6.07, 6.45) is 0.960. The van der Waals surface area contributed by atoms with Gasteiger partial charge in [0.15, 0.2) is 0 Å². The maximum atomic E-state index is 6.13. The molecule has 3 rings (SSSR count). The van der Waals surface area contributed by atoms with Crippen LogP contribution in [0.1, 0.15) is 16.8 Å². The Morgan fingerprint density at radius 2 is 2.00 bits per heavy atom. The van der Waals surface area contributed by atoms with Crippen molar-refractivity contribution in [2.24, 2.45) is 0 Å². The maximum Gasteiger partial charge on any atom is 0.123 e. The van der Waals surface area contributed by atoms with Crippen LogP contribution in [0.15, 0.2) is 42.5 Å². The molecule has 23 heavy (non-hydrogen) atoms. The van der Waals surface area contributed by atoms with Gasteiger partial charge in [-0.15, -0.1) is 0 Å². The normalized spacial score (nSPS) is 11.1. The van der Waals surface area contributed by atoms with Crippen LogP contribution < -0.4 is 10.1 Å². The van der Waals surface area contributed by atoms with Crippen molar-refractivity contribution in [3.63, 3.8) is 0 Å². The van der Waals surface area contributed by atoms with Crippen LogP contribution in [0.3, 0.4) is 0 Å². The number of methoxy groups -OCH3 is 1. The van der Waals surface area contributed by atoms with E-state index in [1.54, 1.807) is 7.11 Å². The number of H-pyrrole nitrogens is 1. The van der Waals surface area contributed by atoms with E-state index >= 15 is 0 Å². The molecule has 0 bridgehead atoms. The van der Waals surface area contributed by atoms with Crippen LogP contribution in [0.4, 0.5) is 0 Å². The Hall–Kier alpha value is -1.97. The van der Waals surface area contributed by atoms with Crippen molar-refractivity contribution in [2.45, 2.75) is 19.9 Å². The van der Waals surface area contributed by atoms with Gasteiger partial charge >= 0.3 is 0 Å². The molecule has 0 fully saturated rings. The molecule has 0 saturated heterocycles. The number of benzene rings is 2. The summed E-state index contributed by atoms with van der Waals surface area (Å²) in [7, 11) is 1.71. The Labute approximate surface area is 141 Å². The SMILES string of the molecule is COc1ccccc1CNCCc1c(C)[nH]c2ccc(Cl)cc12. The van der Waals surface area contributed by atoms with Gasteiger partial charge < -0.3 is 15.0 Å². The van der Waals surface area contributed by atoms with Crippen LogP contribution >= 0.6 is 11.6 Å². The first-order valence-electron chi connectivity index (χ1n) is 7.78. The lowest BCUT2D eigenvalue weighted by molar-refractivity contribution is 0.408. The zero-order valence-electron chi connectivity index (χ0n) is 13.4. The molecule has 0 aliphatic rings. The Kier molecular flexibility index (Phi) is 4.89. The number of nitrogens with one attached hydrogen (secondary N) is 2. The third-order valence-electron chi connectivity index (χ3n) is 4.14. The summed E-state index contributed by atoms with van der Waals surface area (Å²) in [6.45, 7) is 3.81. The number of aromatic amines is 1. The number of halogens is 1. The lowest BCUT2D eigenvalue weighted by Crippen LogP contribution is -2.17. The third kappa shape index (κ3) is 3.52. The molecule has 4 heteroatoms. The molecule has 2 aromatic carbocycles. The van der Waals surface area contributed by atoms with E-state index in [0.29, 0.717) is 0 Å². The molecule has 0 aliphatic heterocycles. The number of rotatable bonds is 6. The summed E-state index contributed by atoms with van der Waals surface area (Å²) in [5.41, 5.74) is 4.86. The van der Waals surface area contributed by atoms with Crippen LogP contribution in [-0.2, 0) is 13.0 Å². The Balaban J connectivity index is 1.65. The van der Waals surface area contributed by atoms with Gasteiger partial charge in [-0.2, -0.15) is 0 Å². The fourth-order valence-electron chi connectivity index (χ4n) is 2.96. The molecule has 0 spiro atoms. The van der Waals surface area contributed by atoms with Gasteiger partial charge in [0.1, 0.15) is 5.75 Å². The molecule has 0 radical (unpaired) electrons. The largest absolute Gasteiger partial charge is 0.496 e. The maximum absolute atomic E-state index is 6.13. The van der Waals surface area contributed by atoms with Crippen LogP contribution in [-0.4, -0.2) is 18.6 Å². The Bertz CT molecular complexity index is 810. The molecule has 0 aliphatic carbocycles. The van der Waals surface area contributed by atoms with E-state index in [4.69, 9.17) is 16.3 Å². The molecule has 1 heterocycles. The number of hydrogen-bond acceptors (Lipinski definition) is 2. The summed E-state index contributed by atoms with van der Waals surface area (Å²) < 4.78 is 5.38. The van der Waals surface area contributed by atoms with Crippen molar-refractivity contribution in [3.05, 3.63) is 64.3 Å². The van der Waals surface area contributed by atoms with Gasteiger partial charge in [0.05, 0.1) is 7.11 Å². The van der Waals surface area contributed by atoms with Gasteiger partial charge in [-0.3, -0.25) is 0 Å². The van der Waals surface area contributed by atoms with Crippen LogP contribution in [0.5, 0.6) is 5.75 Å². The van der Waals surface area contributed by atoms with Gasteiger partial charge in [-0.25, -0.2) is 0 Å². The highest BCUT2D eigenvalue weighted by atomic mass is 35.5. The van der Waals surface area contributed by atoms with E-state index in [9.17, 15) is 0 Å². The average molecular weight is 329 g/mol. The highest BCUT2D eigenvalue weighted by Crippen LogP contribution is 2.25. The van der Waals surface area contributed by atoms with Crippen LogP contribution in [0.25, 0.3) is 10.9 Å². The third-order valence-corrected chi connectivity index (χ3v) is 4.38. The topological polar surface area (TPSA) is 37.0 Å². The Morgan fingerprint density at radius 3 is 2.83 bits per heavy atom. The summed E-state index contributed by atoms with van der Waals surface area (Å²) in [6, 6.07) is 14.1. The van der Waals surface area contributed by atoms with E-state index in [0.717, 1.165) is 35.8 Å². The van der Waals surface area contributed by atoms with Gasteiger partial charge in [-0.05, 0) is 49.7 Å². The second kappa shape index (κ2) is 7.07. The molecule has 3 aromatic rings. The fraction of sp³-hybridized carbons (Fsp3) is 0.263. The molecular weight excluding hydrogens is 308 g/mol. The summed E-state index contributed by atoms with van der Waals surface area (Å²) >= 11 is 6.13. The smallest absolute Gasteiger partial charge is 0.123 e. The minimum atomic E-state index is 0.778. The van der Waals surface area contributed by atoms with Gasteiger partial charge in [0.25, 0.3) is 0 Å². The first-order chi connectivity index (χ1) is 11.2. The summed E-state index contributed by atoms with van der Waals surface area (Å²) in [4.78, 5) is 3.42. The molecule has 2 N–H and O–H groups in total. The minimum Gasteiger partial charge on any atom is -0.496 e. The lowest BCUT2D eigenvalue weighted by atomic mass is 10.1. The quantitative estimate of drug-likeness (QED) is 0.655. The molecule has 0 amide bonds. The second-order valence-corrected chi connectivity index (χ2v) is 6.09. The Morgan fingerprint density at radius 1 is 1.17 bits per heavy atom. The molecule has 0 atom stereocenters. The lowest BCUT2D eigenvalue weighted by Gasteiger charge is -2.09.